The van der Waals surface area contributed by atoms with Crippen molar-refractivity contribution in [3.63, 3.8) is 0 Å². The second-order valence-electron chi connectivity index (χ2n) is 7.72. The number of hydrogen-bond donors (Lipinski definition) is 0. The van der Waals surface area contributed by atoms with E-state index >= 15 is 0 Å². The van der Waals surface area contributed by atoms with E-state index in [1.165, 1.54) is 0 Å². The molecular weight excluding hydrogens is 370 g/mol. The number of allylic oxidation sites excluding steroid dienone is 1. The molecule has 3 heteroatoms. The molecule has 1 saturated heterocycles. The number of hydrogen-bond acceptors (Lipinski definition) is 3. The molecule has 1 heterocycles. The molecule has 0 aliphatic carbocycles. The molecule has 0 N–H and O–H groups in total. The summed E-state index contributed by atoms with van der Waals surface area (Å²) in [6.07, 6.45) is 0. The molecule has 3 aromatic rings. The van der Waals surface area contributed by atoms with Gasteiger partial charge >= 0.3 is 5.97 Å². The van der Waals surface area contributed by atoms with Gasteiger partial charge in [0, 0.05) is 11.5 Å². The van der Waals surface area contributed by atoms with Gasteiger partial charge in [0.25, 0.3) is 0 Å². The Kier molecular flexibility index (Phi) is 5.89. The minimum absolute atomic E-state index is 0.130. The highest BCUT2D eigenvalue weighted by atomic mass is 16.5. The highest BCUT2D eigenvalue weighted by Crippen LogP contribution is 2.42. The van der Waals surface area contributed by atoms with Crippen molar-refractivity contribution in [3.8, 4) is 0 Å². The highest BCUT2D eigenvalue weighted by Gasteiger charge is 2.44. The Hall–Kier alpha value is -3.46. The lowest BCUT2D eigenvalue weighted by atomic mass is 9.77. The zero-order valence-corrected chi connectivity index (χ0v) is 17.3. The molecule has 3 nitrogen and oxygen atoms in total. The summed E-state index contributed by atoms with van der Waals surface area (Å²) in [7, 11) is 0. The Morgan fingerprint density at radius 2 is 1.33 bits per heavy atom. The lowest BCUT2D eigenvalue weighted by molar-refractivity contribution is -0.136. The van der Waals surface area contributed by atoms with E-state index in [0.717, 1.165) is 27.8 Å². The fraction of sp³-hybridized carbons (Fsp3) is 0.185. The molecule has 0 amide bonds. The van der Waals surface area contributed by atoms with Crippen LogP contribution < -0.4 is 0 Å². The van der Waals surface area contributed by atoms with E-state index in [9.17, 15) is 4.79 Å². The molecule has 0 saturated carbocycles. The average molecular weight is 396 g/mol. The molecular formula is C27H25NO2. The molecule has 1 atom stereocenters. The Morgan fingerprint density at radius 1 is 0.833 bits per heavy atom. The zero-order chi connectivity index (χ0) is 20.9. The third-order valence-corrected chi connectivity index (χ3v) is 5.43. The maximum absolute atomic E-state index is 13.2. The predicted octanol–water partition coefficient (Wildman–Crippen LogP) is 5.93. The average Bonchev–Trinajstić information content (AvgIpc) is 3.11. The van der Waals surface area contributed by atoms with Crippen molar-refractivity contribution >= 4 is 11.9 Å². The van der Waals surface area contributed by atoms with E-state index in [1.807, 2.05) is 80.6 Å². The van der Waals surface area contributed by atoms with Crippen molar-refractivity contribution in [2.24, 2.45) is 10.9 Å². The van der Waals surface area contributed by atoms with Gasteiger partial charge in [0.15, 0.2) is 0 Å². The van der Waals surface area contributed by atoms with E-state index in [2.05, 4.69) is 29.3 Å². The molecule has 1 aliphatic heterocycles. The summed E-state index contributed by atoms with van der Waals surface area (Å²) in [5.74, 6) is -0.343. The minimum Gasteiger partial charge on any atom is -0.407 e. The van der Waals surface area contributed by atoms with Gasteiger partial charge in [-0.2, -0.15) is 0 Å². The fourth-order valence-electron chi connectivity index (χ4n) is 4.05. The van der Waals surface area contributed by atoms with Crippen molar-refractivity contribution in [1.29, 1.82) is 0 Å². The van der Waals surface area contributed by atoms with E-state index in [0.29, 0.717) is 12.4 Å². The molecule has 0 radical (unpaired) electrons. The molecule has 3 aromatic carbocycles. The topological polar surface area (TPSA) is 38.7 Å². The van der Waals surface area contributed by atoms with Gasteiger partial charge in [-0.05, 0) is 30.5 Å². The summed E-state index contributed by atoms with van der Waals surface area (Å²) in [6, 6.07) is 30.3. The molecule has 4 rings (SSSR count). The SMILES string of the molecule is CC(C)=C1C(=NCc2ccccc2)OC(=O)C1C(c1ccccc1)c1ccccc1. The molecule has 1 unspecified atom stereocenters. The molecule has 1 fully saturated rings. The lowest BCUT2D eigenvalue weighted by Gasteiger charge is -2.23. The Balaban J connectivity index is 1.77. The van der Waals surface area contributed by atoms with Crippen LogP contribution in [-0.2, 0) is 16.1 Å². The van der Waals surface area contributed by atoms with Gasteiger partial charge in [-0.25, -0.2) is 4.99 Å². The minimum atomic E-state index is -0.422. The largest absolute Gasteiger partial charge is 0.407 e. The first-order chi connectivity index (χ1) is 14.6. The monoisotopic (exact) mass is 395 g/mol. The van der Waals surface area contributed by atoms with Gasteiger partial charge in [0.1, 0.15) is 0 Å². The van der Waals surface area contributed by atoms with Crippen LogP contribution in [0.3, 0.4) is 0 Å². The Labute approximate surface area is 177 Å². The van der Waals surface area contributed by atoms with Crippen molar-refractivity contribution in [3.05, 3.63) is 119 Å². The molecule has 30 heavy (non-hydrogen) atoms. The summed E-state index contributed by atoms with van der Waals surface area (Å²) in [5, 5.41) is 0. The summed E-state index contributed by atoms with van der Waals surface area (Å²) < 4.78 is 5.75. The first kappa shape index (κ1) is 19.8. The van der Waals surface area contributed by atoms with Gasteiger partial charge in [-0.3, -0.25) is 4.79 Å². The van der Waals surface area contributed by atoms with E-state index in [1.54, 1.807) is 0 Å². The van der Waals surface area contributed by atoms with Crippen LogP contribution >= 0.6 is 0 Å². The lowest BCUT2D eigenvalue weighted by Crippen LogP contribution is -2.21. The fourth-order valence-corrected chi connectivity index (χ4v) is 4.05. The molecule has 0 aromatic heterocycles. The summed E-state index contributed by atoms with van der Waals surface area (Å²) in [5.41, 5.74) is 5.21. The number of nitrogens with zero attached hydrogens (tertiary/aromatic N) is 1. The first-order valence-electron chi connectivity index (χ1n) is 10.2. The number of cyclic esters (lactones) is 1. The number of carbonyl (C=O) groups excluding carboxylic acids is 1. The smallest absolute Gasteiger partial charge is 0.321 e. The number of ether oxygens (including phenoxy) is 1. The van der Waals surface area contributed by atoms with Crippen LogP contribution in [-0.4, -0.2) is 11.9 Å². The van der Waals surface area contributed by atoms with Gasteiger partial charge in [0.05, 0.1) is 12.5 Å². The first-order valence-corrected chi connectivity index (χ1v) is 10.2. The zero-order valence-electron chi connectivity index (χ0n) is 17.3. The maximum Gasteiger partial charge on any atom is 0.321 e. The van der Waals surface area contributed by atoms with Crippen molar-refractivity contribution < 1.29 is 9.53 Å². The summed E-state index contributed by atoms with van der Waals surface area (Å²) in [6.45, 7) is 4.53. The van der Waals surface area contributed by atoms with Gasteiger partial charge < -0.3 is 4.74 Å². The van der Waals surface area contributed by atoms with Crippen LogP contribution in [0.1, 0.15) is 36.5 Å². The number of rotatable bonds is 5. The van der Waals surface area contributed by atoms with Crippen LogP contribution in [0.2, 0.25) is 0 Å². The van der Waals surface area contributed by atoms with Gasteiger partial charge in [-0.15, -0.1) is 0 Å². The van der Waals surface area contributed by atoms with Gasteiger partial charge in [-0.1, -0.05) is 96.6 Å². The van der Waals surface area contributed by atoms with E-state index < -0.39 is 5.92 Å². The highest BCUT2D eigenvalue weighted by molar-refractivity contribution is 6.11. The van der Waals surface area contributed by atoms with E-state index in [-0.39, 0.29) is 11.9 Å². The molecule has 0 spiro atoms. The van der Waals surface area contributed by atoms with Crippen LogP contribution in [0.5, 0.6) is 0 Å². The summed E-state index contributed by atoms with van der Waals surface area (Å²) >= 11 is 0. The van der Waals surface area contributed by atoms with Crippen LogP contribution in [0.15, 0.2) is 107 Å². The normalized spacial score (nSPS) is 17.4. The Morgan fingerprint density at radius 3 is 1.83 bits per heavy atom. The second kappa shape index (κ2) is 8.91. The molecule has 0 bridgehead atoms. The number of benzene rings is 3. The molecule has 150 valence electrons. The van der Waals surface area contributed by atoms with Crippen molar-refractivity contribution in [2.75, 3.05) is 0 Å². The van der Waals surface area contributed by atoms with Crippen molar-refractivity contribution in [1.82, 2.24) is 0 Å². The van der Waals surface area contributed by atoms with Gasteiger partial charge in [0.2, 0.25) is 5.90 Å². The maximum atomic E-state index is 13.2. The Bertz CT molecular complexity index is 1030. The number of aliphatic imine (C=N–C) groups is 1. The van der Waals surface area contributed by atoms with Crippen LogP contribution in [0.25, 0.3) is 0 Å². The van der Waals surface area contributed by atoms with Crippen molar-refractivity contribution in [2.45, 2.75) is 26.3 Å². The second-order valence-corrected chi connectivity index (χ2v) is 7.72. The van der Waals surface area contributed by atoms with E-state index in [4.69, 9.17) is 4.74 Å². The van der Waals surface area contributed by atoms with Crippen LogP contribution in [0, 0.1) is 5.92 Å². The third-order valence-electron chi connectivity index (χ3n) is 5.43. The summed E-state index contributed by atoms with van der Waals surface area (Å²) in [4.78, 5) is 17.8. The third kappa shape index (κ3) is 4.11. The number of carbonyl (C=O) groups is 1. The predicted molar refractivity (Wildman–Crippen MR) is 120 cm³/mol. The quantitative estimate of drug-likeness (QED) is 0.503. The van der Waals surface area contributed by atoms with Crippen LogP contribution in [0.4, 0.5) is 0 Å². The standard InChI is InChI=1S/C27H25NO2/c1-19(2)23-25(27(29)30-26(23)28-18-20-12-6-3-7-13-20)24(21-14-8-4-9-15-21)22-16-10-5-11-17-22/h3-17,24-25H,18H2,1-2H3. The number of esters is 1. The molecule has 1 aliphatic rings.